The predicted octanol–water partition coefficient (Wildman–Crippen LogP) is 3.86. The van der Waals surface area contributed by atoms with Gasteiger partial charge >= 0.3 is 6.09 Å². The molecule has 0 radical (unpaired) electrons. The minimum atomic E-state index is -0.851. The van der Waals surface area contributed by atoms with Gasteiger partial charge in [-0.1, -0.05) is 37.3 Å². The number of rotatable bonds is 6. The van der Waals surface area contributed by atoms with Gasteiger partial charge in [-0.15, -0.1) is 0 Å². The molecule has 0 bridgehead atoms. The summed E-state index contributed by atoms with van der Waals surface area (Å²) in [5.41, 5.74) is 0.547. The van der Waals surface area contributed by atoms with E-state index in [1.807, 2.05) is 37.3 Å². The summed E-state index contributed by atoms with van der Waals surface area (Å²) in [5.74, 6) is -1.70. The van der Waals surface area contributed by atoms with Crippen LogP contribution in [0.3, 0.4) is 0 Å². The Labute approximate surface area is 163 Å². The molecule has 1 heterocycles. The molecule has 0 spiro atoms. The van der Waals surface area contributed by atoms with Gasteiger partial charge in [0.15, 0.2) is 11.6 Å². The standard InChI is InChI=1S/C21H24F2N2O3/c1-2-16-12-24-10-11-25(16)21(26)28-14-17-18(22)8-9-19(20(17)23)27-13-15-6-4-3-5-7-15/h3-9,16,24H,2,10-14H2,1H3/t16-/m1/s1. The van der Waals surface area contributed by atoms with Gasteiger partial charge in [-0.3, -0.25) is 0 Å². The third-order valence-electron chi connectivity index (χ3n) is 4.78. The number of carbonyl (C=O) groups excluding carboxylic acids is 1. The number of piperazine rings is 1. The first-order valence-electron chi connectivity index (χ1n) is 9.37. The lowest BCUT2D eigenvalue weighted by Gasteiger charge is -2.34. The Morgan fingerprint density at radius 2 is 1.96 bits per heavy atom. The third-order valence-corrected chi connectivity index (χ3v) is 4.78. The molecule has 0 aromatic heterocycles. The highest BCUT2D eigenvalue weighted by atomic mass is 19.1. The molecule has 1 aliphatic heterocycles. The van der Waals surface area contributed by atoms with Gasteiger partial charge in [0.25, 0.3) is 0 Å². The number of benzene rings is 2. The zero-order chi connectivity index (χ0) is 19.9. The van der Waals surface area contributed by atoms with Crippen molar-refractivity contribution in [3.63, 3.8) is 0 Å². The molecule has 0 saturated carbocycles. The Hall–Kier alpha value is -2.67. The molecule has 3 rings (SSSR count). The second-order valence-electron chi connectivity index (χ2n) is 6.63. The van der Waals surface area contributed by atoms with Gasteiger partial charge in [0.2, 0.25) is 0 Å². The number of ether oxygens (including phenoxy) is 2. The van der Waals surface area contributed by atoms with Crippen LogP contribution in [0.5, 0.6) is 5.75 Å². The van der Waals surface area contributed by atoms with Crippen molar-refractivity contribution < 1.29 is 23.0 Å². The van der Waals surface area contributed by atoms with Crippen LogP contribution in [0.15, 0.2) is 42.5 Å². The molecule has 150 valence electrons. The van der Waals surface area contributed by atoms with Crippen molar-refractivity contribution in [3.8, 4) is 5.75 Å². The molecule has 2 aromatic carbocycles. The van der Waals surface area contributed by atoms with Gasteiger partial charge in [0.05, 0.1) is 5.56 Å². The van der Waals surface area contributed by atoms with E-state index in [2.05, 4.69) is 5.32 Å². The van der Waals surface area contributed by atoms with Gasteiger partial charge in [-0.05, 0) is 24.1 Å². The lowest BCUT2D eigenvalue weighted by atomic mass is 10.1. The second kappa shape index (κ2) is 9.50. The van der Waals surface area contributed by atoms with Crippen LogP contribution in [0.25, 0.3) is 0 Å². The summed E-state index contributed by atoms with van der Waals surface area (Å²) in [6, 6.07) is 11.6. The Kier molecular flexibility index (Phi) is 6.81. The second-order valence-corrected chi connectivity index (χ2v) is 6.63. The van der Waals surface area contributed by atoms with Crippen molar-refractivity contribution in [2.24, 2.45) is 0 Å². The van der Waals surface area contributed by atoms with E-state index in [-0.39, 0.29) is 24.0 Å². The highest BCUT2D eigenvalue weighted by Gasteiger charge is 2.27. The van der Waals surface area contributed by atoms with Gasteiger partial charge in [-0.2, -0.15) is 0 Å². The third kappa shape index (κ3) is 4.78. The Morgan fingerprint density at radius 3 is 2.71 bits per heavy atom. The molecule has 1 aliphatic rings. The van der Waals surface area contributed by atoms with Crippen LogP contribution in [-0.4, -0.2) is 36.7 Å². The zero-order valence-electron chi connectivity index (χ0n) is 15.8. The van der Waals surface area contributed by atoms with Crippen molar-refractivity contribution in [1.82, 2.24) is 10.2 Å². The predicted molar refractivity (Wildman–Crippen MR) is 101 cm³/mol. The smallest absolute Gasteiger partial charge is 0.410 e. The van der Waals surface area contributed by atoms with Crippen molar-refractivity contribution in [3.05, 3.63) is 65.2 Å². The number of nitrogens with zero attached hydrogens (tertiary/aromatic N) is 1. The van der Waals surface area contributed by atoms with Crippen LogP contribution in [-0.2, 0) is 18.0 Å². The molecular weight excluding hydrogens is 366 g/mol. The Balaban J connectivity index is 1.65. The molecule has 5 nitrogen and oxygen atoms in total. The first-order chi connectivity index (χ1) is 13.6. The number of nitrogens with one attached hydrogen (secondary N) is 1. The average Bonchev–Trinajstić information content (AvgIpc) is 2.73. The largest absolute Gasteiger partial charge is 0.486 e. The van der Waals surface area contributed by atoms with Crippen LogP contribution in [0.4, 0.5) is 13.6 Å². The molecule has 1 fully saturated rings. The van der Waals surface area contributed by atoms with E-state index in [0.717, 1.165) is 18.1 Å². The molecule has 1 saturated heterocycles. The molecule has 1 atom stereocenters. The van der Waals surface area contributed by atoms with Crippen LogP contribution in [0, 0.1) is 11.6 Å². The van der Waals surface area contributed by atoms with Gasteiger partial charge < -0.3 is 19.7 Å². The van der Waals surface area contributed by atoms with Gasteiger partial charge in [0.1, 0.15) is 19.0 Å². The number of carbonyl (C=O) groups is 1. The van der Waals surface area contributed by atoms with Gasteiger partial charge in [-0.25, -0.2) is 13.6 Å². The van der Waals surface area contributed by atoms with Crippen molar-refractivity contribution in [2.75, 3.05) is 19.6 Å². The quantitative estimate of drug-likeness (QED) is 0.814. The normalized spacial score (nSPS) is 16.7. The number of halogens is 2. The topological polar surface area (TPSA) is 50.8 Å². The molecule has 2 aromatic rings. The summed E-state index contributed by atoms with van der Waals surface area (Å²) in [7, 11) is 0. The van der Waals surface area contributed by atoms with E-state index in [9.17, 15) is 13.6 Å². The summed E-state index contributed by atoms with van der Waals surface area (Å²) in [6.45, 7) is 3.49. The molecule has 0 unspecified atom stereocenters. The number of hydrogen-bond donors (Lipinski definition) is 1. The summed E-state index contributed by atoms with van der Waals surface area (Å²) in [5, 5.41) is 3.21. The van der Waals surface area contributed by atoms with Crippen LogP contribution in [0.1, 0.15) is 24.5 Å². The monoisotopic (exact) mass is 390 g/mol. The Morgan fingerprint density at radius 1 is 1.18 bits per heavy atom. The highest BCUT2D eigenvalue weighted by Crippen LogP contribution is 2.25. The maximum atomic E-state index is 14.7. The highest BCUT2D eigenvalue weighted by molar-refractivity contribution is 5.68. The average molecular weight is 390 g/mol. The fraction of sp³-hybridized carbons (Fsp3) is 0.381. The summed E-state index contributed by atoms with van der Waals surface area (Å²) in [4.78, 5) is 14.0. The minimum Gasteiger partial charge on any atom is -0.486 e. The first kappa shape index (κ1) is 20.1. The van der Waals surface area contributed by atoms with E-state index in [1.165, 1.54) is 6.07 Å². The van der Waals surface area contributed by atoms with Crippen LogP contribution < -0.4 is 10.1 Å². The van der Waals surface area contributed by atoms with Crippen molar-refractivity contribution >= 4 is 6.09 Å². The fourth-order valence-electron chi connectivity index (χ4n) is 3.14. The molecule has 0 aliphatic carbocycles. The number of hydrogen-bond acceptors (Lipinski definition) is 4. The lowest BCUT2D eigenvalue weighted by Crippen LogP contribution is -2.53. The SMILES string of the molecule is CC[C@@H]1CNCCN1C(=O)OCc1c(F)ccc(OCc2ccccc2)c1F. The lowest BCUT2D eigenvalue weighted by molar-refractivity contribution is 0.0697. The van der Waals surface area contributed by atoms with Crippen LogP contribution in [0.2, 0.25) is 0 Å². The summed E-state index contributed by atoms with van der Waals surface area (Å²) >= 11 is 0. The van der Waals surface area contributed by atoms with E-state index in [1.54, 1.807) is 4.90 Å². The molecule has 1 amide bonds. The van der Waals surface area contributed by atoms with Crippen molar-refractivity contribution in [2.45, 2.75) is 32.6 Å². The molecule has 7 heteroatoms. The van der Waals surface area contributed by atoms with Gasteiger partial charge in [0, 0.05) is 25.7 Å². The molecular formula is C21H24F2N2O3. The summed E-state index contributed by atoms with van der Waals surface area (Å²) in [6.07, 6.45) is 0.205. The Bertz CT molecular complexity index is 802. The van der Waals surface area contributed by atoms with Crippen LogP contribution >= 0.6 is 0 Å². The number of amides is 1. The summed E-state index contributed by atoms with van der Waals surface area (Å²) < 4.78 is 39.5. The maximum absolute atomic E-state index is 14.7. The van der Waals surface area contributed by atoms with E-state index >= 15 is 0 Å². The minimum absolute atomic E-state index is 0.0106. The van der Waals surface area contributed by atoms with Crippen molar-refractivity contribution in [1.29, 1.82) is 0 Å². The zero-order valence-corrected chi connectivity index (χ0v) is 15.8. The van der Waals surface area contributed by atoms with E-state index < -0.39 is 24.3 Å². The fourth-order valence-corrected chi connectivity index (χ4v) is 3.14. The molecule has 1 N–H and O–H groups in total. The van der Waals surface area contributed by atoms with E-state index in [0.29, 0.717) is 19.6 Å². The first-order valence-corrected chi connectivity index (χ1v) is 9.37. The maximum Gasteiger partial charge on any atom is 0.410 e. The molecule has 28 heavy (non-hydrogen) atoms. The van der Waals surface area contributed by atoms with E-state index in [4.69, 9.17) is 9.47 Å².